The van der Waals surface area contributed by atoms with Gasteiger partial charge in [0.1, 0.15) is 5.56 Å². The Morgan fingerprint density at radius 2 is 2.45 bits per heavy atom. The first-order chi connectivity index (χ1) is 5.16. The van der Waals surface area contributed by atoms with Gasteiger partial charge in [0.25, 0.3) is 0 Å². The number of nitrogens with zero attached hydrogens (tertiary/aromatic N) is 1. The summed E-state index contributed by atoms with van der Waals surface area (Å²) < 4.78 is 4.65. The van der Waals surface area contributed by atoms with Gasteiger partial charge in [0.15, 0.2) is 5.76 Å². The van der Waals surface area contributed by atoms with E-state index in [0.29, 0.717) is 5.69 Å². The van der Waals surface area contributed by atoms with Gasteiger partial charge in [-0.2, -0.15) is 0 Å². The van der Waals surface area contributed by atoms with Gasteiger partial charge in [-0.05, 0) is 6.92 Å². The van der Waals surface area contributed by atoms with E-state index in [4.69, 9.17) is 10.8 Å². The number of nitrogens with two attached hydrogens (primary N) is 1. The number of carbonyl (C=O) groups is 1. The molecule has 0 fully saturated rings. The Labute approximate surface area is 62.8 Å². The van der Waals surface area contributed by atoms with Crippen molar-refractivity contribution in [1.29, 1.82) is 0 Å². The molecule has 1 aromatic rings. The Hall–Kier alpha value is -1.36. The first-order valence-electron chi connectivity index (χ1n) is 3.05. The van der Waals surface area contributed by atoms with Crippen LogP contribution < -0.4 is 5.73 Å². The Bertz CT molecular complexity index is 279. The molecule has 1 heterocycles. The molecule has 0 aliphatic rings. The highest BCUT2D eigenvalue weighted by atomic mass is 16.5. The number of aromatic carboxylic acids is 1. The lowest BCUT2D eigenvalue weighted by molar-refractivity contribution is 0.0694. The van der Waals surface area contributed by atoms with E-state index >= 15 is 0 Å². The first kappa shape index (κ1) is 7.74. The summed E-state index contributed by atoms with van der Waals surface area (Å²) in [4.78, 5) is 10.5. The van der Waals surface area contributed by atoms with Crippen molar-refractivity contribution >= 4 is 5.97 Å². The van der Waals surface area contributed by atoms with E-state index in [1.165, 1.54) is 0 Å². The molecule has 0 spiro atoms. The SMILES string of the molecule is Cc1noc(CN)c1C(=O)O. The van der Waals surface area contributed by atoms with Crippen LogP contribution in [0.25, 0.3) is 0 Å². The second-order valence-electron chi connectivity index (χ2n) is 2.08. The molecule has 0 amide bonds. The number of aromatic nitrogens is 1. The van der Waals surface area contributed by atoms with Crippen molar-refractivity contribution in [2.24, 2.45) is 5.73 Å². The van der Waals surface area contributed by atoms with Crippen LogP contribution in [0.2, 0.25) is 0 Å². The third kappa shape index (κ3) is 1.22. The molecule has 0 aromatic carbocycles. The standard InChI is InChI=1S/C6H8N2O3/c1-3-5(6(9)10)4(2-7)11-8-3/h2,7H2,1H3,(H,9,10). The molecule has 0 atom stereocenters. The molecule has 0 bridgehead atoms. The van der Waals surface area contributed by atoms with Crippen LogP contribution in [-0.4, -0.2) is 16.2 Å². The number of hydrogen-bond donors (Lipinski definition) is 2. The summed E-state index contributed by atoms with van der Waals surface area (Å²) in [5.41, 5.74) is 5.64. The van der Waals surface area contributed by atoms with E-state index < -0.39 is 5.97 Å². The fourth-order valence-corrected chi connectivity index (χ4v) is 0.830. The maximum absolute atomic E-state index is 10.5. The summed E-state index contributed by atoms with van der Waals surface area (Å²) in [6.45, 7) is 1.62. The predicted octanol–water partition coefficient (Wildman–Crippen LogP) is 0.140. The largest absolute Gasteiger partial charge is 0.477 e. The zero-order valence-corrected chi connectivity index (χ0v) is 6.00. The third-order valence-electron chi connectivity index (χ3n) is 1.33. The van der Waals surface area contributed by atoms with Crippen LogP contribution in [0, 0.1) is 6.92 Å². The summed E-state index contributed by atoms with van der Waals surface area (Å²) in [6.07, 6.45) is 0. The van der Waals surface area contributed by atoms with Crippen molar-refractivity contribution in [2.45, 2.75) is 13.5 Å². The average Bonchev–Trinajstić information content (AvgIpc) is 2.30. The molecule has 0 aliphatic heterocycles. The highest BCUT2D eigenvalue weighted by Crippen LogP contribution is 2.11. The van der Waals surface area contributed by atoms with Crippen LogP contribution in [0.5, 0.6) is 0 Å². The Kier molecular flexibility index (Phi) is 1.91. The van der Waals surface area contributed by atoms with Gasteiger partial charge in [-0.3, -0.25) is 0 Å². The normalized spacial score (nSPS) is 10.0. The minimum Gasteiger partial charge on any atom is -0.477 e. The summed E-state index contributed by atoms with van der Waals surface area (Å²) in [6, 6.07) is 0. The molecule has 5 nitrogen and oxygen atoms in total. The van der Waals surface area contributed by atoms with Crippen LogP contribution in [-0.2, 0) is 6.54 Å². The lowest BCUT2D eigenvalue weighted by Crippen LogP contribution is -2.04. The van der Waals surface area contributed by atoms with Gasteiger partial charge in [0.05, 0.1) is 12.2 Å². The van der Waals surface area contributed by atoms with E-state index in [2.05, 4.69) is 9.68 Å². The molecule has 60 valence electrons. The lowest BCUT2D eigenvalue weighted by atomic mass is 10.2. The van der Waals surface area contributed by atoms with Crippen LogP contribution in [0.4, 0.5) is 0 Å². The van der Waals surface area contributed by atoms with Crippen molar-refractivity contribution in [2.75, 3.05) is 0 Å². The molecule has 1 aromatic heterocycles. The molecule has 0 unspecified atom stereocenters. The molecule has 3 N–H and O–H groups in total. The van der Waals surface area contributed by atoms with Gasteiger partial charge in [-0.1, -0.05) is 5.16 Å². The highest BCUT2D eigenvalue weighted by Gasteiger charge is 2.17. The van der Waals surface area contributed by atoms with Gasteiger partial charge < -0.3 is 15.4 Å². The maximum Gasteiger partial charge on any atom is 0.341 e. The molecule has 1 rings (SSSR count). The van der Waals surface area contributed by atoms with Crippen LogP contribution in [0.1, 0.15) is 21.8 Å². The number of aryl methyl sites for hydroxylation is 1. The van der Waals surface area contributed by atoms with Crippen LogP contribution >= 0.6 is 0 Å². The number of carboxylic acids is 1. The van der Waals surface area contributed by atoms with Gasteiger partial charge in [0, 0.05) is 0 Å². The van der Waals surface area contributed by atoms with E-state index in [1.807, 2.05) is 0 Å². The summed E-state index contributed by atoms with van der Waals surface area (Å²) in [5.74, 6) is -0.834. The molecule has 11 heavy (non-hydrogen) atoms. The topological polar surface area (TPSA) is 89.4 Å². The number of hydrogen-bond acceptors (Lipinski definition) is 4. The fourth-order valence-electron chi connectivity index (χ4n) is 0.830. The van der Waals surface area contributed by atoms with Gasteiger partial charge in [-0.25, -0.2) is 4.79 Å². The van der Waals surface area contributed by atoms with Crippen molar-refractivity contribution in [3.63, 3.8) is 0 Å². The van der Waals surface area contributed by atoms with E-state index in [-0.39, 0.29) is 17.9 Å². The molecular weight excluding hydrogens is 148 g/mol. The molecule has 5 heteroatoms. The van der Waals surface area contributed by atoms with E-state index in [0.717, 1.165) is 0 Å². The first-order valence-corrected chi connectivity index (χ1v) is 3.05. The van der Waals surface area contributed by atoms with Crippen LogP contribution in [0.3, 0.4) is 0 Å². The average molecular weight is 156 g/mol. The van der Waals surface area contributed by atoms with Gasteiger partial charge in [-0.15, -0.1) is 0 Å². The number of rotatable bonds is 2. The zero-order chi connectivity index (χ0) is 8.43. The summed E-state index contributed by atoms with van der Waals surface area (Å²) >= 11 is 0. The molecule has 0 saturated heterocycles. The predicted molar refractivity (Wildman–Crippen MR) is 36.1 cm³/mol. The summed E-state index contributed by atoms with van der Waals surface area (Å²) in [7, 11) is 0. The van der Waals surface area contributed by atoms with Crippen molar-refractivity contribution in [3.8, 4) is 0 Å². The number of carboxylic acid groups (broad SMARTS) is 1. The molecule has 0 aliphatic carbocycles. The van der Waals surface area contributed by atoms with Crippen LogP contribution in [0.15, 0.2) is 4.52 Å². The van der Waals surface area contributed by atoms with Crippen molar-refractivity contribution in [1.82, 2.24) is 5.16 Å². The van der Waals surface area contributed by atoms with Crippen molar-refractivity contribution in [3.05, 3.63) is 17.0 Å². The molecular formula is C6H8N2O3. The zero-order valence-electron chi connectivity index (χ0n) is 6.00. The van der Waals surface area contributed by atoms with E-state index in [9.17, 15) is 4.79 Å². The van der Waals surface area contributed by atoms with E-state index in [1.54, 1.807) is 6.92 Å². The Balaban J connectivity index is 3.17. The monoisotopic (exact) mass is 156 g/mol. The minimum atomic E-state index is -1.05. The summed E-state index contributed by atoms with van der Waals surface area (Å²) in [5, 5.41) is 12.1. The smallest absolute Gasteiger partial charge is 0.341 e. The van der Waals surface area contributed by atoms with Gasteiger partial charge >= 0.3 is 5.97 Å². The lowest BCUT2D eigenvalue weighted by Gasteiger charge is -1.90. The molecule has 0 saturated carbocycles. The highest BCUT2D eigenvalue weighted by molar-refractivity contribution is 5.89. The second kappa shape index (κ2) is 2.71. The van der Waals surface area contributed by atoms with Gasteiger partial charge in [0.2, 0.25) is 0 Å². The maximum atomic E-state index is 10.5. The van der Waals surface area contributed by atoms with Crippen molar-refractivity contribution < 1.29 is 14.4 Å². The quantitative estimate of drug-likeness (QED) is 0.635. The second-order valence-corrected chi connectivity index (χ2v) is 2.08. The Morgan fingerprint density at radius 1 is 1.82 bits per heavy atom. The Morgan fingerprint density at radius 3 is 2.82 bits per heavy atom. The fraction of sp³-hybridized carbons (Fsp3) is 0.333. The molecule has 0 radical (unpaired) electrons. The third-order valence-corrected chi connectivity index (χ3v) is 1.33. The minimum absolute atomic E-state index is 0.0580.